The fourth-order valence-electron chi connectivity index (χ4n) is 1.24. The van der Waals surface area contributed by atoms with Crippen molar-refractivity contribution in [3.63, 3.8) is 0 Å². The maximum Gasteiger partial charge on any atom is 0.343 e. The van der Waals surface area contributed by atoms with Crippen LogP contribution in [0.3, 0.4) is 0 Å². The van der Waals surface area contributed by atoms with Gasteiger partial charge in [-0.15, -0.1) is 0 Å². The van der Waals surface area contributed by atoms with E-state index in [-0.39, 0.29) is 12.2 Å². The van der Waals surface area contributed by atoms with Crippen LogP contribution in [0.5, 0.6) is 0 Å². The predicted octanol–water partition coefficient (Wildman–Crippen LogP) is -0.0716. The van der Waals surface area contributed by atoms with Crippen molar-refractivity contribution in [2.75, 3.05) is 6.61 Å². The number of carbonyl (C=O) groups is 1. The lowest BCUT2D eigenvalue weighted by Crippen LogP contribution is -2.43. The third-order valence-electron chi connectivity index (χ3n) is 1.98. The van der Waals surface area contributed by atoms with Crippen molar-refractivity contribution in [2.24, 2.45) is 0 Å². The molecule has 0 atom stereocenters. The number of esters is 1. The van der Waals surface area contributed by atoms with Crippen molar-refractivity contribution in [3.8, 4) is 0 Å². The molecule has 0 radical (unpaired) electrons. The van der Waals surface area contributed by atoms with E-state index in [0.717, 1.165) is 0 Å². The SMILES string of the molecule is C=C/C=c1\c(=C)[nH]cc(C(=O)OCC)c1=O. The van der Waals surface area contributed by atoms with Gasteiger partial charge in [0.2, 0.25) is 5.43 Å². The highest BCUT2D eigenvalue weighted by Crippen LogP contribution is 1.89. The number of ether oxygens (including phenoxy) is 1. The van der Waals surface area contributed by atoms with E-state index in [1.165, 1.54) is 18.3 Å². The highest BCUT2D eigenvalue weighted by Gasteiger charge is 2.11. The first-order valence-electron chi connectivity index (χ1n) is 4.82. The molecule has 0 fully saturated rings. The molecule has 1 N–H and O–H groups in total. The van der Waals surface area contributed by atoms with Gasteiger partial charge < -0.3 is 9.72 Å². The molecule has 0 bridgehead atoms. The number of nitrogens with one attached hydrogen (secondary N) is 1. The second-order valence-corrected chi connectivity index (χ2v) is 3.05. The molecule has 4 heteroatoms. The van der Waals surface area contributed by atoms with Gasteiger partial charge in [-0.2, -0.15) is 0 Å². The van der Waals surface area contributed by atoms with Crippen LogP contribution in [0.25, 0.3) is 12.7 Å². The van der Waals surface area contributed by atoms with Crippen LogP contribution in [0, 0.1) is 0 Å². The Bertz CT molecular complexity index is 569. The highest BCUT2D eigenvalue weighted by molar-refractivity contribution is 5.88. The Labute approximate surface area is 92.6 Å². The topological polar surface area (TPSA) is 59.2 Å². The van der Waals surface area contributed by atoms with Crippen molar-refractivity contribution in [2.45, 2.75) is 6.92 Å². The summed E-state index contributed by atoms with van der Waals surface area (Å²) in [5.41, 5.74) is -0.426. The van der Waals surface area contributed by atoms with Crippen LogP contribution in [0.4, 0.5) is 0 Å². The van der Waals surface area contributed by atoms with Gasteiger partial charge in [0.05, 0.1) is 6.61 Å². The summed E-state index contributed by atoms with van der Waals surface area (Å²) in [7, 11) is 0. The van der Waals surface area contributed by atoms with Crippen molar-refractivity contribution in [1.29, 1.82) is 0 Å². The van der Waals surface area contributed by atoms with Gasteiger partial charge >= 0.3 is 5.97 Å². The fourth-order valence-corrected chi connectivity index (χ4v) is 1.24. The summed E-state index contributed by atoms with van der Waals surface area (Å²) in [4.78, 5) is 26.0. The van der Waals surface area contributed by atoms with Crippen molar-refractivity contribution in [1.82, 2.24) is 4.98 Å². The summed E-state index contributed by atoms with van der Waals surface area (Å²) in [5.74, 6) is -0.637. The minimum absolute atomic E-state index is 0.0256. The van der Waals surface area contributed by atoms with Crippen LogP contribution in [-0.2, 0) is 4.74 Å². The molecule has 0 aromatic carbocycles. The average Bonchev–Trinajstić information content (AvgIpc) is 2.24. The Morgan fingerprint density at radius 3 is 2.88 bits per heavy atom. The lowest BCUT2D eigenvalue weighted by molar-refractivity contribution is 0.0524. The van der Waals surface area contributed by atoms with Crippen LogP contribution < -0.4 is 16.0 Å². The predicted molar refractivity (Wildman–Crippen MR) is 62.5 cm³/mol. The zero-order valence-electron chi connectivity index (χ0n) is 9.08. The van der Waals surface area contributed by atoms with Gasteiger partial charge in [-0.25, -0.2) is 4.79 Å². The second kappa shape index (κ2) is 5.11. The van der Waals surface area contributed by atoms with Gasteiger partial charge in [0.25, 0.3) is 0 Å². The van der Waals surface area contributed by atoms with Gasteiger partial charge in [0.1, 0.15) is 5.56 Å². The number of carbonyl (C=O) groups excluding carboxylic acids is 1. The molecule has 0 amide bonds. The van der Waals surface area contributed by atoms with Crippen LogP contribution >= 0.6 is 0 Å². The minimum atomic E-state index is -0.637. The summed E-state index contributed by atoms with van der Waals surface area (Å²) in [6.45, 7) is 9.06. The minimum Gasteiger partial charge on any atom is -0.462 e. The Hall–Kier alpha value is -2.10. The lowest BCUT2D eigenvalue weighted by atomic mass is 10.2. The van der Waals surface area contributed by atoms with E-state index in [4.69, 9.17) is 4.74 Å². The Morgan fingerprint density at radius 1 is 1.62 bits per heavy atom. The van der Waals surface area contributed by atoms with Crippen LogP contribution in [0.2, 0.25) is 0 Å². The molecule has 0 saturated heterocycles. The molecule has 1 aromatic rings. The monoisotopic (exact) mass is 219 g/mol. The molecule has 84 valence electrons. The quantitative estimate of drug-likeness (QED) is 0.724. The molecule has 0 aliphatic carbocycles. The number of allylic oxidation sites excluding steroid dienone is 1. The zero-order chi connectivity index (χ0) is 12.1. The summed E-state index contributed by atoms with van der Waals surface area (Å²) in [6, 6.07) is 0. The number of hydrogen-bond acceptors (Lipinski definition) is 3. The number of rotatable bonds is 3. The van der Waals surface area contributed by atoms with E-state index in [1.54, 1.807) is 6.92 Å². The number of H-pyrrole nitrogens is 1. The maximum atomic E-state index is 11.9. The standard InChI is InChI=1S/C12H13NO3/c1-4-6-9-8(3)13-7-10(11(9)14)12(15)16-5-2/h4,6-7,13H,1,3,5H2,2H3/b9-6+. The van der Waals surface area contributed by atoms with E-state index in [2.05, 4.69) is 18.1 Å². The van der Waals surface area contributed by atoms with E-state index < -0.39 is 11.4 Å². The molecule has 0 aliphatic heterocycles. The highest BCUT2D eigenvalue weighted by atomic mass is 16.5. The summed E-state index contributed by atoms with van der Waals surface area (Å²) in [6.07, 6.45) is 4.28. The first-order valence-corrected chi connectivity index (χ1v) is 4.82. The molecule has 1 rings (SSSR count). The van der Waals surface area contributed by atoms with Crippen molar-refractivity contribution < 1.29 is 9.53 Å². The third kappa shape index (κ3) is 2.28. The third-order valence-corrected chi connectivity index (χ3v) is 1.98. The molecule has 1 aromatic heterocycles. The van der Waals surface area contributed by atoms with Crippen molar-refractivity contribution in [3.05, 3.63) is 45.2 Å². The Kier molecular flexibility index (Phi) is 3.83. The summed E-state index contributed by atoms with van der Waals surface area (Å²) >= 11 is 0. The van der Waals surface area contributed by atoms with Crippen molar-refractivity contribution >= 4 is 18.6 Å². The van der Waals surface area contributed by atoms with Gasteiger partial charge in [0.15, 0.2) is 0 Å². The molecular formula is C12H13NO3. The van der Waals surface area contributed by atoms with Crippen LogP contribution in [0.1, 0.15) is 17.3 Å². The fraction of sp³-hybridized carbons (Fsp3) is 0.167. The van der Waals surface area contributed by atoms with Gasteiger partial charge in [-0.1, -0.05) is 19.2 Å². The second-order valence-electron chi connectivity index (χ2n) is 3.05. The van der Waals surface area contributed by atoms with Gasteiger partial charge in [-0.05, 0) is 13.0 Å². The number of pyridine rings is 1. The van der Waals surface area contributed by atoms with E-state index >= 15 is 0 Å². The zero-order valence-corrected chi connectivity index (χ0v) is 9.08. The van der Waals surface area contributed by atoms with Gasteiger partial charge in [0, 0.05) is 16.8 Å². The lowest BCUT2D eigenvalue weighted by Gasteiger charge is -2.00. The molecule has 0 spiro atoms. The van der Waals surface area contributed by atoms with Crippen LogP contribution in [-0.4, -0.2) is 17.6 Å². The summed E-state index contributed by atoms with van der Waals surface area (Å²) in [5, 5.41) is 0.763. The first kappa shape index (κ1) is 12.0. The number of aromatic amines is 1. The normalized spacial score (nSPS) is 11.2. The van der Waals surface area contributed by atoms with Crippen LogP contribution in [0.15, 0.2) is 23.6 Å². The molecule has 0 saturated carbocycles. The Morgan fingerprint density at radius 2 is 2.31 bits per heavy atom. The molecule has 4 nitrogen and oxygen atoms in total. The largest absolute Gasteiger partial charge is 0.462 e. The number of hydrogen-bond donors (Lipinski definition) is 1. The van der Waals surface area contributed by atoms with Gasteiger partial charge in [-0.3, -0.25) is 4.79 Å². The molecule has 16 heavy (non-hydrogen) atoms. The number of aromatic nitrogens is 1. The van der Waals surface area contributed by atoms with E-state index in [9.17, 15) is 9.59 Å². The molecule has 0 unspecified atom stereocenters. The van der Waals surface area contributed by atoms with E-state index in [1.807, 2.05) is 0 Å². The molecule has 1 heterocycles. The maximum absolute atomic E-state index is 11.9. The summed E-state index contributed by atoms with van der Waals surface area (Å²) < 4.78 is 4.76. The smallest absolute Gasteiger partial charge is 0.343 e. The molecule has 0 aliphatic rings. The average molecular weight is 219 g/mol. The Balaban J connectivity index is 3.47. The first-order chi connectivity index (χ1) is 7.61. The van der Waals surface area contributed by atoms with E-state index in [0.29, 0.717) is 10.6 Å². The molecular weight excluding hydrogens is 206 g/mol.